The van der Waals surface area contributed by atoms with E-state index in [1.807, 2.05) is 24.8 Å². The summed E-state index contributed by atoms with van der Waals surface area (Å²) in [4.78, 5) is 13.5. The van der Waals surface area contributed by atoms with Gasteiger partial charge in [0.2, 0.25) is 0 Å². The molecule has 0 aromatic heterocycles. The summed E-state index contributed by atoms with van der Waals surface area (Å²) < 4.78 is 0.171. The number of thioether (sulfide) groups is 1. The van der Waals surface area contributed by atoms with Crippen LogP contribution in [-0.4, -0.2) is 23.6 Å². The lowest BCUT2D eigenvalue weighted by Gasteiger charge is -2.39. The van der Waals surface area contributed by atoms with Crippen LogP contribution in [0.2, 0.25) is 0 Å². The van der Waals surface area contributed by atoms with Crippen molar-refractivity contribution in [3.05, 3.63) is 29.3 Å². The number of halogens is 1. The Morgan fingerprint density at radius 3 is 2.72 bits per heavy atom. The summed E-state index contributed by atoms with van der Waals surface area (Å²) in [7, 11) is 0. The number of fused-ring (bicyclic) bond motifs is 1. The quantitative estimate of drug-likeness (QED) is 0.793. The Kier molecular flexibility index (Phi) is 4.05. The lowest BCUT2D eigenvalue weighted by atomic mass is 9.88. The smallest absolute Gasteiger partial charge is 0.165 e. The van der Waals surface area contributed by atoms with Gasteiger partial charge in [-0.15, -0.1) is 24.2 Å². The van der Waals surface area contributed by atoms with E-state index in [4.69, 9.17) is 0 Å². The molecule has 98 valence electrons. The number of ketones is 1. The Hall–Kier alpha value is -0.510. The minimum atomic E-state index is 0. The van der Waals surface area contributed by atoms with Gasteiger partial charge >= 0.3 is 0 Å². The highest BCUT2D eigenvalue weighted by Gasteiger charge is 2.40. The van der Waals surface area contributed by atoms with Crippen LogP contribution in [0.1, 0.15) is 35.2 Å². The van der Waals surface area contributed by atoms with E-state index >= 15 is 0 Å². The second-order valence-electron chi connectivity index (χ2n) is 5.13. The van der Waals surface area contributed by atoms with Crippen LogP contribution >= 0.6 is 24.2 Å². The topological polar surface area (TPSA) is 29.1 Å². The van der Waals surface area contributed by atoms with Crippen molar-refractivity contribution < 1.29 is 4.79 Å². The van der Waals surface area contributed by atoms with Gasteiger partial charge in [0, 0.05) is 21.6 Å². The van der Waals surface area contributed by atoms with E-state index in [1.165, 1.54) is 10.5 Å². The van der Waals surface area contributed by atoms with Crippen LogP contribution in [0.25, 0.3) is 0 Å². The fourth-order valence-corrected chi connectivity index (χ4v) is 4.27. The summed E-state index contributed by atoms with van der Waals surface area (Å²) in [6, 6.07) is 6.27. The van der Waals surface area contributed by atoms with Crippen LogP contribution in [-0.2, 0) is 0 Å². The van der Waals surface area contributed by atoms with Gasteiger partial charge in [0.05, 0.1) is 0 Å². The molecule has 0 saturated carbocycles. The first-order valence-corrected chi connectivity index (χ1v) is 7.04. The number of benzene rings is 1. The number of hydrogen-bond donors (Lipinski definition) is 1. The minimum Gasteiger partial charge on any atom is -0.317 e. The van der Waals surface area contributed by atoms with E-state index in [-0.39, 0.29) is 17.2 Å². The predicted molar refractivity (Wildman–Crippen MR) is 78.1 cm³/mol. The number of carbonyl (C=O) groups is 1. The monoisotopic (exact) mass is 283 g/mol. The van der Waals surface area contributed by atoms with Gasteiger partial charge in [0.15, 0.2) is 5.78 Å². The summed E-state index contributed by atoms with van der Waals surface area (Å²) in [5.41, 5.74) is 2.12. The largest absolute Gasteiger partial charge is 0.317 e. The summed E-state index contributed by atoms with van der Waals surface area (Å²) in [5.74, 6) is 0.337. The average molecular weight is 284 g/mol. The molecule has 0 aliphatic carbocycles. The molecule has 1 spiro atoms. The minimum absolute atomic E-state index is 0. The van der Waals surface area contributed by atoms with E-state index in [2.05, 4.69) is 17.4 Å². The summed E-state index contributed by atoms with van der Waals surface area (Å²) in [6.07, 6.45) is 2.93. The summed E-state index contributed by atoms with van der Waals surface area (Å²) >= 11 is 1.93. The van der Waals surface area contributed by atoms with E-state index in [0.29, 0.717) is 5.78 Å². The first-order valence-electron chi connectivity index (χ1n) is 6.22. The van der Waals surface area contributed by atoms with Crippen LogP contribution in [0.3, 0.4) is 0 Å². The van der Waals surface area contributed by atoms with Crippen molar-refractivity contribution in [2.75, 3.05) is 13.1 Å². The number of nitrogens with one attached hydrogen (secondary N) is 1. The molecule has 0 amide bonds. The van der Waals surface area contributed by atoms with Crippen molar-refractivity contribution in [3.63, 3.8) is 0 Å². The van der Waals surface area contributed by atoms with Crippen molar-refractivity contribution in [2.24, 2.45) is 0 Å². The van der Waals surface area contributed by atoms with Crippen LogP contribution in [0.15, 0.2) is 23.1 Å². The van der Waals surface area contributed by atoms with Gasteiger partial charge in [0.25, 0.3) is 0 Å². The maximum Gasteiger partial charge on any atom is 0.165 e. The fraction of sp³-hybridized carbons (Fsp3) is 0.500. The third-order valence-corrected chi connectivity index (χ3v) is 5.32. The summed E-state index contributed by atoms with van der Waals surface area (Å²) in [6.45, 7) is 4.13. The molecule has 2 aliphatic rings. The van der Waals surface area contributed by atoms with Gasteiger partial charge in [0.1, 0.15) is 0 Å². The lowest BCUT2D eigenvalue weighted by Crippen LogP contribution is -2.42. The van der Waals surface area contributed by atoms with Gasteiger partial charge in [-0.25, -0.2) is 0 Å². The second kappa shape index (κ2) is 5.24. The Morgan fingerprint density at radius 2 is 2.00 bits per heavy atom. The second-order valence-corrected chi connectivity index (χ2v) is 6.64. The van der Waals surface area contributed by atoms with E-state index in [9.17, 15) is 4.79 Å². The molecular weight excluding hydrogens is 266 g/mol. The molecule has 1 fully saturated rings. The van der Waals surface area contributed by atoms with Gasteiger partial charge in [-0.05, 0) is 45.0 Å². The van der Waals surface area contributed by atoms with Crippen molar-refractivity contribution in [3.8, 4) is 0 Å². The number of Topliss-reactive ketones (excluding diaryl/α,β-unsaturated/α-hetero) is 1. The molecule has 1 saturated heterocycles. The molecule has 18 heavy (non-hydrogen) atoms. The molecule has 1 aromatic rings. The Bertz CT molecular complexity index is 469. The molecule has 2 nitrogen and oxygen atoms in total. The van der Waals surface area contributed by atoms with Gasteiger partial charge in [-0.2, -0.15) is 0 Å². The lowest BCUT2D eigenvalue weighted by molar-refractivity contribution is 0.0955. The normalized spacial score (nSPS) is 21.3. The van der Waals surface area contributed by atoms with Crippen molar-refractivity contribution in [2.45, 2.75) is 35.8 Å². The maximum atomic E-state index is 12.3. The number of hydrogen-bond acceptors (Lipinski definition) is 3. The standard InChI is InChI=1S/C14H17NOS.ClH/c1-10-2-3-13-11(8-10)12(16)9-14(17-13)4-6-15-7-5-14;/h2-3,8,15H,4-7,9H2,1H3;1H. The first kappa shape index (κ1) is 13.9. The van der Waals surface area contributed by atoms with Gasteiger partial charge < -0.3 is 5.32 Å². The number of carbonyl (C=O) groups excluding carboxylic acids is 1. The molecule has 2 heterocycles. The fourth-order valence-electron chi connectivity index (χ4n) is 2.77. The average Bonchev–Trinajstić information content (AvgIpc) is 2.31. The number of aryl methyl sites for hydroxylation is 1. The van der Waals surface area contributed by atoms with Crippen molar-refractivity contribution >= 4 is 30.0 Å². The zero-order valence-corrected chi connectivity index (χ0v) is 12.1. The molecule has 3 rings (SSSR count). The zero-order chi connectivity index (χ0) is 11.9. The van der Waals surface area contributed by atoms with E-state index in [1.54, 1.807) is 0 Å². The van der Waals surface area contributed by atoms with Crippen LogP contribution in [0.5, 0.6) is 0 Å². The first-order chi connectivity index (χ1) is 8.19. The molecule has 4 heteroatoms. The maximum absolute atomic E-state index is 12.3. The predicted octanol–water partition coefficient (Wildman–Crippen LogP) is 3.22. The molecule has 0 bridgehead atoms. The van der Waals surface area contributed by atoms with E-state index in [0.717, 1.165) is 37.9 Å². The summed E-state index contributed by atoms with van der Waals surface area (Å²) in [5, 5.41) is 3.38. The Labute approximate surface area is 118 Å². The highest BCUT2D eigenvalue weighted by atomic mass is 35.5. The molecule has 1 aromatic carbocycles. The van der Waals surface area contributed by atoms with E-state index < -0.39 is 0 Å². The van der Waals surface area contributed by atoms with Gasteiger partial charge in [-0.3, -0.25) is 4.79 Å². The van der Waals surface area contributed by atoms with Crippen molar-refractivity contribution in [1.29, 1.82) is 0 Å². The highest BCUT2D eigenvalue weighted by molar-refractivity contribution is 8.01. The van der Waals surface area contributed by atoms with Gasteiger partial charge in [-0.1, -0.05) is 11.6 Å². The molecule has 0 atom stereocenters. The third kappa shape index (κ3) is 2.44. The molecular formula is C14H18ClNOS. The Morgan fingerprint density at radius 1 is 1.28 bits per heavy atom. The number of rotatable bonds is 0. The van der Waals surface area contributed by atoms with Crippen LogP contribution < -0.4 is 5.32 Å². The number of piperidine rings is 1. The molecule has 2 aliphatic heterocycles. The van der Waals surface area contributed by atoms with Crippen LogP contribution in [0.4, 0.5) is 0 Å². The van der Waals surface area contributed by atoms with Crippen LogP contribution in [0, 0.1) is 6.92 Å². The third-order valence-electron chi connectivity index (χ3n) is 3.76. The highest BCUT2D eigenvalue weighted by Crippen LogP contribution is 2.48. The molecule has 0 radical (unpaired) electrons. The Balaban J connectivity index is 0.00000120. The zero-order valence-electron chi connectivity index (χ0n) is 10.5. The molecule has 0 unspecified atom stereocenters. The SMILES string of the molecule is Cc1ccc2c(c1)C(=O)CC1(CCNCC1)S2.Cl. The molecule has 1 N–H and O–H groups in total. The van der Waals surface area contributed by atoms with Crippen molar-refractivity contribution in [1.82, 2.24) is 5.32 Å².